The van der Waals surface area contributed by atoms with Crippen molar-refractivity contribution in [3.8, 4) is 17.1 Å². The second-order valence-electron chi connectivity index (χ2n) is 6.72. The average Bonchev–Trinajstić information content (AvgIpc) is 2.66. The van der Waals surface area contributed by atoms with E-state index in [-0.39, 0.29) is 0 Å². The van der Waals surface area contributed by atoms with Crippen LogP contribution in [-0.4, -0.2) is 52.2 Å². The summed E-state index contributed by atoms with van der Waals surface area (Å²) in [5.74, 6) is 2.25. The molecule has 2 atom stereocenters. The monoisotopic (exact) mass is 350 g/mol. The standard InChI is InChI=1S/C19H22N6O/c1-12-10-25(11-13(2)22-12)19-17-15(8-21-9-16(17)26-3)23-18(24-19)14-4-6-20-7-5-14/h4-9,12-13,22H,10-11H2,1-3H3/t12-,13+. The highest BCUT2D eigenvalue weighted by Crippen LogP contribution is 2.34. The first-order chi connectivity index (χ1) is 12.7. The molecule has 3 aromatic heterocycles. The van der Waals surface area contributed by atoms with Gasteiger partial charge in [-0.25, -0.2) is 9.97 Å². The second kappa shape index (κ2) is 6.84. The van der Waals surface area contributed by atoms with Gasteiger partial charge in [0.2, 0.25) is 0 Å². The molecule has 1 fully saturated rings. The number of aromatic nitrogens is 4. The molecule has 7 nitrogen and oxygen atoms in total. The van der Waals surface area contributed by atoms with Gasteiger partial charge in [-0.2, -0.15) is 0 Å². The number of pyridine rings is 2. The maximum atomic E-state index is 5.56. The highest BCUT2D eigenvalue weighted by atomic mass is 16.5. The molecule has 0 spiro atoms. The second-order valence-corrected chi connectivity index (χ2v) is 6.72. The van der Waals surface area contributed by atoms with Crippen molar-refractivity contribution in [2.75, 3.05) is 25.1 Å². The maximum absolute atomic E-state index is 5.56. The van der Waals surface area contributed by atoms with Crippen molar-refractivity contribution < 1.29 is 4.74 Å². The van der Waals surface area contributed by atoms with Crippen LogP contribution in [0.4, 0.5) is 5.82 Å². The number of anilines is 1. The van der Waals surface area contributed by atoms with Gasteiger partial charge in [-0.1, -0.05) is 0 Å². The zero-order valence-corrected chi connectivity index (χ0v) is 15.2. The molecule has 0 aromatic carbocycles. The third kappa shape index (κ3) is 3.06. The first-order valence-corrected chi connectivity index (χ1v) is 8.77. The Morgan fingerprint density at radius 2 is 1.77 bits per heavy atom. The molecule has 0 bridgehead atoms. The van der Waals surface area contributed by atoms with Crippen LogP contribution in [0.25, 0.3) is 22.3 Å². The summed E-state index contributed by atoms with van der Waals surface area (Å²) in [5, 5.41) is 4.47. The molecule has 134 valence electrons. The Kier molecular flexibility index (Phi) is 4.38. The van der Waals surface area contributed by atoms with Crippen molar-refractivity contribution in [2.24, 2.45) is 0 Å². The number of rotatable bonds is 3. The Morgan fingerprint density at radius 3 is 2.46 bits per heavy atom. The minimum atomic E-state index is 0.376. The average molecular weight is 350 g/mol. The number of fused-ring (bicyclic) bond motifs is 1. The van der Waals surface area contributed by atoms with Gasteiger partial charge < -0.3 is 15.0 Å². The van der Waals surface area contributed by atoms with Crippen molar-refractivity contribution in [1.29, 1.82) is 0 Å². The Labute approximate surface area is 152 Å². The molecular weight excluding hydrogens is 328 g/mol. The normalized spacial score (nSPS) is 20.3. The lowest BCUT2D eigenvalue weighted by Crippen LogP contribution is -2.54. The van der Waals surface area contributed by atoms with Crippen molar-refractivity contribution in [2.45, 2.75) is 25.9 Å². The van der Waals surface area contributed by atoms with Gasteiger partial charge >= 0.3 is 0 Å². The van der Waals surface area contributed by atoms with Gasteiger partial charge in [0.1, 0.15) is 11.6 Å². The number of piperazine rings is 1. The number of hydrogen-bond acceptors (Lipinski definition) is 7. The molecule has 0 radical (unpaired) electrons. The topological polar surface area (TPSA) is 76.1 Å². The molecule has 0 aliphatic carbocycles. The van der Waals surface area contributed by atoms with E-state index in [1.807, 2.05) is 12.1 Å². The van der Waals surface area contributed by atoms with Gasteiger partial charge in [0, 0.05) is 43.1 Å². The fraction of sp³-hybridized carbons (Fsp3) is 0.368. The van der Waals surface area contributed by atoms with E-state index < -0.39 is 0 Å². The summed E-state index contributed by atoms with van der Waals surface area (Å²) in [7, 11) is 1.65. The molecule has 7 heteroatoms. The zero-order chi connectivity index (χ0) is 18.1. The molecule has 0 unspecified atom stereocenters. The van der Waals surface area contributed by atoms with Crippen molar-refractivity contribution >= 4 is 16.7 Å². The van der Waals surface area contributed by atoms with Crippen LogP contribution in [0, 0.1) is 0 Å². The summed E-state index contributed by atoms with van der Waals surface area (Å²) >= 11 is 0. The maximum Gasteiger partial charge on any atom is 0.162 e. The molecule has 1 aliphatic rings. The summed E-state index contributed by atoms with van der Waals surface area (Å²) in [5.41, 5.74) is 1.71. The number of ether oxygens (including phenoxy) is 1. The molecule has 1 aliphatic heterocycles. The predicted octanol–water partition coefficient (Wildman–Crippen LogP) is 2.28. The fourth-order valence-corrected chi connectivity index (χ4v) is 3.55. The molecule has 4 heterocycles. The van der Waals surface area contributed by atoms with Crippen LogP contribution in [0.2, 0.25) is 0 Å². The van der Waals surface area contributed by atoms with Gasteiger partial charge in [-0.05, 0) is 26.0 Å². The molecule has 26 heavy (non-hydrogen) atoms. The van der Waals surface area contributed by atoms with Gasteiger partial charge in [0.05, 0.1) is 30.4 Å². The van der Waals surface area contributed by atoms with E-state index in [1.165, 1.54) is 0 Å². The molecule has 1 N–H and O–H groups in total. The first kappa shape index (κ1) is 16.7. The molecule has 4 rings (SSSR count). The van der Waals surface area contributed by atoms with Crippen molar-refractivity contribution in [3.05, 3.63) is 36.9 Å². The molecule has 3 aromatic rings. The van der Waals surface area contributed by atoms with Crippen LogP contribution in [0.1, 0.15) is 13.8 Å². The fourth-order valence-electron chi connectivity index (χ4n) is 3.55. The number of hydrogen-bond donors (Lipinski definition) is 1. The highest BCUT2D eigenvalue weighted by molar-refractivity contribution is 5.95. The Morgan fingerprint density at radius 1 is 1.04 bits per heavy atom. The van der Waals surface area contributed by atoms with Crippen LogP contribution in [0.3, 0.4) is 0 Å². The minimum Gasteiger partial charge on any atom is -0.494 e. The van der Waals surface area contributed by atoms with E-state index in [9.17, 15) is 0 Å². The van der Waals surface area contributed by atoms with Crippen LogP contribution >= 0.6 is 0 Å². The highest BCUT2D eigenvalue weighted by Gasteiger charge is 2.25. The predicted molar refractivity (Wildman–Crippen MR) is 101 cm³/mol. The van der Waals surface area contributed by atoms with E-state index >= 15 is 0 Å². The van der Waals surface area contributed by atoms with E-state index in [1.54, 1.807) is 31.9 Å². The van der Waals surface area contributed by atoms with E-state index in [4.69, 9.17) is 14.7 Å². The van der Waals surface area contributed by atoms with E-state index in [0.717, 1.165) is 35.4 Å². The van der Waals surface area contributed by atoms with Crippen molar-refractivity contribution in [1.82, 2.24) is 25.3 Å². The van der Waals surface area contributed by atoms with Crippen molar-refractivity contribution in [3.63, 3.8) is 0 Å². The zero-order valence-electron chi connectivity index (χ0n) is 15.2. The summed E-state index contributed by atoms with van der Waals surface area (Å²) in [6, 6.07) is 4.59. The lowest BCUT2D eigenvalue weighted by molar-refractivity contribution is 0.404. The molecule has 0 saturated carbocycles. The first-order valence-electron chi connectivity index (χ1n) is 8.77. The van der Waals surface area contributed by atoms with E-state index in [2.05, 4.69) is 34.0 Å². The molecular formula is C19H22N6O. The Bertz CT molecular complexity index is 907. The Balaban J connectivity index is 1.93. The van der Waals surface area contributed by atoms with Gasteiger partial charge in [0.15, 0.2) is 5.82 Å². The van der Waals surface area contributed by atoms with Crippen LogP contribution in [0.5, 0.6) is 5.75 Å². The quantitative estimate of drug-likeness (QED) is 0.776. The minimum absolute atomic E-state index is 0.376. The third-order valence-corrected chi connectivity index (χ3v) is 4.57. The third-order valence-electron chi connectivity index (χ3n) is 4.57. The van der Waals surface area contributed by atoms with Crippen LogP contribution < -0.4 is 15.0 Å². The number of nitrogens with one attached hydrogen (secondary N) is 1. The van der Waals surface area contributed by atoms with Gasteiger partial charge in [0.25, 0.3) is 0 Å². The van der Waals surface area contributed by atoms with Crippen LogP contribution in [-0.2, 0) is 0 Å². The smallest absolute Gasteiger partial charge is 0.162 e. The summed E-state index contributed by atoms with van der Waals surface area (Å²) in [4.78, 5) is 20.3. The lowest BCUT2D eigenvalue weighted by atomic mass is 10.1. The van der Waals surface area contributed by atoms with Gasteiger partial charge in [-0.3, -0.25) is 9.97 Å². The SMILES string of the molecule is COc1cncc2nc(-c3ccncc3)nc(N3C[C@@H](C)N[C@@H](C)C3)c12. The number of nitrogens with zero attached hydrogens (tertiary/aromatic N) is 5. The number of methoxy groups -OCH3 is 1. The largest absolute Gasteiger partial charge is 0.494 e. The molecule has 1 saturated heterocycles. The summed E-state index contributed by atoms with van der Waals surface area (Å²) in [6.07, 6.45) is 6.99. The lowest BCUT2D eigenvalue weighted by Gasteiger charge is -2.37. The van der Waals surface area contributed by atoms with E-state index in [0.29, 0.717) is 23.7 Å². The Hall–Kier alpha value is -2.80. The summed E-state index contributed by atoms with van der Waals surface area (Å²) < 4.78 is 5.56. The van der Waals surface area contributed by atoms with Gasteiger partial charge in [-0.15, -0.1) is 0 Å². The van der Waals surface area contributed by atoms with Crippen LogP contribution in [0.15, 0.2) is 36.9 Å². The molecule has 0 amide bonds. The summed E-state index contributed by atoms with van der Waals surface area (Å²) in [6.45, 7) is 6.12.